The summed E-state index contributed by atoms with van der Waals surface area (Å²) in [5.74, 6) is 0.364. The standard InChI is InChI=1S/C19H20F2N2O4/c20-19(21)27-17-3-1-2-13(9-17)8-15(24)10-14-11-16(25)12-18(22-14)23-4-6-26-7-5-23/h1-3,9,12,19H,4-8,10-11H2. The molecule has 2 aliphatic heterocycles. The Bertz CT molecular complexity index is 771. The van der Waals surface area contributed by atoms with Gasteiger partial charge in [0.25, 0.3) is 0 Å². The predicted octanol–water partition coefficient (Wildman–Crippen LogP) is 2.38. The smallest absolute Gasteiger partial charge is 0.387 e. The molecule has 0 radical (unpaired) electrons. The lowest BCUT2D eigenvalue weighted by molar-refractivity contribution is -0.117. The molecule has 0 bridgehead atoms. The maximum absolute atomic E-state index is 12.4. The number of carbonyl (C=O) groups is 2. The van der Waals surface area contributed by atoms with E-state index in [9.17, 15) is 18.4 Å². The first-order valence-corrected chi connectivity index (χ1v) is 8.69. The van der Waals surface area contributed by atoms with E-state index in [0.717, 1.165) is 0 Å². The van der Waals surface area contributed by atoms with Crippen LogP contribution in [0.2, 0.25) is 0 Å². The van der Waals surface area contributed by atoms with Gasteiger partial charge in [-0.3, -0.25) is 9.59 Å². The van der Waals surface area contributed by atoms with E-state index in [1.807, 2.05) is 4.90 Å². The molecular weight excluding hydrogens is 358 g/mol. The van der Waals surface area contributed by atoms with E-state index in [1.165, 1.54) is 18.2 Å². The molecule has 0 N–H and O–H groups in total. The van der Waals surface area contributed by atoms with E-state index in [4.69, 9.17) is 4.74 Å². The Balaban J connectivity index is 1.62. The Labute approximate surface area is 155 Å². The molecular formula is C19H20F2N2O4. The van der Waals surface area contributed by atoms with Crippen LogP contribution in [0.3, 0.4) is 0 Å². The van der Waals surface area contributed by atoms with Crippen LogP contribution >= 0.6 is 0 Å². The normalized spacial score (nSPS) is 17.6. The van der Waals surface area contributed by atoms with Crippen molar-refractivity contribution in [1.29, 1.82) is 0 Å². The zero-order chi connectivity index (χ0) is 19.2. The minimum atomic E-state index is -2.91. The fourth-order valence-electron chi connectivity index (χ4n) is 3.04. The Kier molecular flexibility index (Phi) is 6.28. The second kappa shape index (κ2) is 8.85. The van der Waals surface area contributed by atoms with Gasteiger partial charge in [-0.2, -0.15) is 8.78 Å². The lowest BCUT2D eigenvalue weighted by atomic mass is 10.0. The van der Waals surface area contributed by atoms with Crippen molar-refractivity contribution < 1.29 is 27.8 Å². The van der Waals surface area contributed by atoms with Gasteiger partial charge in [0.1, 0.15) is 17.4 Å². The first-order chi connectivity index (χ1) is 13.0. The van der Waals surface area contributed by atoms with E-state index >= 15 is 0 Å². The molecule has 144 valence electrons. The Morgan fingerprint density at radius 3 is 2.78 bits per heavy atom. The van der Waals surface area contributed by atoms with Gasteiger partial charge in [-0.25, -0.2) is 4.99 Å². The Hall–Kier alpha value is -2.61. The fourth-order valence-corrected chi connectivity index (χ4v) is 3.04. The van der Waals surface area contributed by atoms with Gasteiger partial charge in [0.15, 0.2) is 5.78 Å². The van der Waals surface area contributed by atoms with Crippen molar-refractivity contribution >= 4 is 17.3 Å². The van der Waals surface area contributed by atoms with Crippen LogP contribution in [0.25, 0.3) is 0 Å². The number of nitrogens with zero attached hydrogens (tertiary/aromatic N) is 2. The third kappa shape index (κ3) is 5.68. The van der Waals surface area contributed by atoms with Gasteiger partial charge < -0.3 is 14.4 Å². The van der Waals surface area contributed by atoms with Crippen LogP contribution in [0.15, 0.2) is 41.2 Å². The fraction of sp³-hybridized carbons (Fsp3) is 0.421. The number of rotatable bonds is 7. The second-order valence-corrected chi connectivity index (χ2v) is 6.34. The highest BCUT2D eigenvalue weighted by Gasteiger charge is 2.21. The van der Waals surface area contributed by atoms with E-state index < -0.39 is 6.61 Å². The molecule has 0 unspecified atom stereocenters. The molecule has 2 aliphatic rings. The average Bonchev–Trinajstić information content (AvgIpc) is 2.61. The van der Waals surface area contributed by atoms with Gasteiger partial charge in [-0.15, -0.1) is 0 Å². The van der Waals surface area contributed by atoms with Crippen molar-refractivity contribution in [2.45, 2.75) is 25.9 Å². The number of Topliss-reactive ketones (excluding diaryl/α,β-unsaturated/α-hetero) is 1. The summed E-state index contributed by atoms with van der Waals surface area (Å²) in [5, 5.41) is 0. The third-order valence-corrected chi connectivity index (χ3v) is 4.20. The number of benzene rings is 1. The third-order valence-electron chi connectivity index (χ3n) is 4.20. The highest BCUT2D eigenvalue weighted by molar-refractivity contribution is 6.14. The van der Waals surface area contributed by atoms with Crippen LogP contribution in [0.1, 0.15) is 18.4 Å². The topological polar surface area (TPSA) is 68.2 Å². The van der Waals surface area contributed by atoms with E-state index in [1.54, 1.807) is 12.1 Å². The van der Waals surface area contributed by atoms with Crippen molar-refractivity contribution in [3.8, 4) is 5.75 Å². The highest BCUT2D eigenvalue weighted by atomic mass is 19.3. The molecule has 0 aliphatic carbocycles. The number of alkyl halides is 2. The SMILES string of the molecule is O=C1C=C(N2CCOCC2)N=C(CC(=O)Cc2cccc(OC(F)F)c2)C1. The lowest BCUT2D eigenvalue weighted by Crippen LogP contribution is -2.36. The van der Waals surface area contributed by atoms with Crippen LogP contribution < -0.4 is 4.74 Å². The molecule has 8 heteroatoms. The zero-order valence-corrected chi connectivity index (χ0v) is 14.7. The molecule has 3 rings (SSSR count). The number of morpholine rings is 1. The quantitative estimate of drug-likeness (QED) is 0.729. The van der Waals surface area contributed by atoms with Crippen LogP contribution in [-0.2, 0) is 20.7 Å². The minimum absolute atomic E-state index is 0.0121. The van der Waals surface area contributed by atoms with Crippen LogP contribution in [0.5, 0.6) is 5.75 Å². The minimum Gasteiger partial charge on any atom is -0.435 e. The first-order valence-electron chi connectivity index (χ1n) is 8.69. The maximum atomic E-state index is 12.4. The summed E-state index contributed by atoms with van der Waals surface area (Å²) in [6, 6.07) is 6.05. The zero-order valence-electron chi connectivity index (χ0n) is 14.7. The highest BCUT2D eigenvalue weighted by Crippen LogP contribution is 2.19. The van der Waals surface area contributed by atoms with Crippen LogP contribution in [0.4, 0.5) is 8.78 Å². The number of allylic oxidation sites excluding steroid dienone is 1. The summed E-state index contributed by atoms with van der Waals surface area (Å²) >= 11 is 0. The molecule has 2 heterocycles. The maximum Gasteiger partial charge on any atom is 0.387 e. The molecule has 27 heavy (non-hydrogen) atoms. The first kappa shape index (κ1) is 19.2. The van der Waals surface area contributed by atoms with E-state index in [2.05, 4.69) is 9.73 Å². The van der Waals surface area contributed by atoms with Gasteiger partial charge in [0, 0.05) is 44.1 Å². The molecule has 0 amide bonds. The summed E-state index contributed by atoms with van der Waals surface area (Å²) in [7, 11) is 0. The number of carbonyl (C=O) groups excluding carboxylic acids is 2. The van der Waals surface area contributed by atoms with Crippen LogP contribution in [0, 0.1) is 0 Å². The Morgan fingerprint density at radius 2 is 2.04 bits per heavy atom. The van der Waals surface area contributed by atoms with Crippen molar-refractivity contribution in [3.63, 3.8) is 0 Å². The van der Waals surface area contributed by atoms with Crippen LogP contribution in [-0.4, -0.2) is 55.1 Å². The molecule has 1 aromatic rings. The number of aliphatic imine (C=N–C) groups is 1. The number of hydrogen-bond acceptors (Lipinski definition) is 6. The summed E-state index contributed by atoms with van der Waals surface area (Å²) in [6.45, 7) is -0.454. The predicted molar refractivity (Wildman–Crippen MR) is 93.9 cm³/mol. The van der Waals surface area contributed by atoms with E-state index in [0.29, 0.717) is 43.4 Å². The number of ketones is 2. The number of ether oxygens (including phenoxy) is 2. The summed E-state index contributed by atoms with van der Waals surface area (Å²) in [4.78, 5) is 30.8. The molecule has 1 saturated heterocycles. The average molecular weight is 378 g/mol. The largest absolute Gasteiger partial charge is 0.435 e. The lowest BCUT2D eigenvalue weighted by Gasteiger charge is -2.30. The summed E-state index contributed by atoms with van der Waals surface area (Å²) in [6.07, 6.45) is 1.73. The number of halogens is 2. The monoisotopic (exact) mass is 378 g/mol. The number of hydrogen-bond donors (Lipinski definition) is 0. The molecule has 0 spiro atoms. The molecule has 0 atom stereocenters. The molecule has 6 nitrogen and oxygen atoms in total. The van der Waals surface area contributed by atoms with Gasteiger partial charge in [-0.05, 0) is 17.7 Å². The Morgan fingerprint density at radius 1 is 1.26 bits per heavy atom. The van der Waals surface area contributed by atoms with Crippen molar-refractivity contribution in [2.75, 3.05) is 26.3 Å². The molecule has 0 aromatic heterocycles. The molecule has 1 aromatic carbocycles. The van der Waals surface area contributed by atoms with Crippen molar-refractivity contribution in [3.05, 3.63) is 41.7 Å². The molecule has 1 fully saturated rings. The van der Waals surface area contributed by atoms with Gasteiger partial charge >= 0.3 is 6.61 Å². The molecule has 0 saturated carbocycles. The van der Waals surface area contributed by atoms with E-state index in [-0.39, 0.29) is 36.6 Å². The van der Waals surface area contributed by atoms with Gasteiger partial charge in [-0.1, -0.05) is 12.1 Å². The summed E-state index contributed by atoms with van der Waals surface area (Å²) < 4.78 is 34.2. The van der Waals surface area contributed by atoms with Crippen molar-refractivity contribution in [1.82, 2.24) is 4.90 Å². The second-order valence-electron chi connectivity index (χ2n) is 6.34. The van der Waals surface area contributed by atoms with Gasteiger partial charge in [0.2, 0.25) is 0 Å². The van der Waals surface area contributed by atoms with Crippen molar-refractivity contribution in [2.24, 2.45) is 4.99 Å². The van der Waals surface area contributed by atoms with Gasteiger partial charge in [0.05, 0.1) is 13.2 Å². The summed E-state index contributed by atoms with van der Waals surface area (Å²) in [5.41, 5.74) is 1.10.